The van der Waals surface area contributed by atoms with E-state index in [1.54, 1.807) is 0 Å². The molecule has 1 aliphatic rings. The quantitative estimate of drug-likeness (QED) is 0.795. The van der Waals surface area contributed by atoms with E-state index < -0.39 is 0 Å². The second-order valence-corrected chi connectivity index (χ2v) is 5.90. The summed E-state index contributed by atoms with van der Waals surface area (Å²) in [7, 11) is 1.98. The van der Waals surface area contributed by atoms with Crippen molar-refractivity contribution in [2.24, 2.45) is 7.05 Å². The van der Waals surface area contributed by atoms with E-state index in [4.69, 9.17) is 4.74 Å². The van der Waals surface area contributed by atoms with Crippen molar-refractivity contribution in [3.8, 4) is 0 Å². The van der Waals surface area contributed by atoms with E-state index >= 15 is 0 Å². The molecular weight excluding hydrogens is 250 g/mol. The maximum absolute atomic E-state index is 6.23. The maximum Gasteiger partial charge on any atom is 0.0838 e. The van der Waals surface area contributed by atoms with E-state index in [1.165, 1.54) is 25.7 Å². The molecule has 114 valence electrons. The lowest BCUT2D eigenvalue weighted by molar-refractivity contribution is -0.0614. The molecule has 0 spiro atoms. The van der Waals surface area contributed by atoms with Gasteiger partial charge in [0.1, 0.15) is 0 Å². The number of aryl methyl sites for hydroxylation is 1. The Morgan fingerprint density at radius 1 is 1.40 bits per heavy atom. The zero-order valence-electron chi connectivity index (χ0n) is 13.2. The molecule has 1 heterocycles. The molecule has 0 saturated heterocycles. The van der Waals surface area contributed by atoms with E-state index in [9.17, 15) is 0 Å². The Morgan fingerprint density at radius 2 is 2.15 bits per heavy atom. The molecule has 1 saturated carbocycles. The first-order valence-corrected chi connectivity index (χ1v) is 8.06. The van der Waals surface area contributed by atoms with Gasteiger partial charge in [-0.1, -0.05) is 19.8 Å². The summed E-state index contributed by atoms with van der Waals surface area (Å²) in [5.41, 5.74) is 1.17. The summed E-state index contributed by atoms with van der Waals surface area (Å²) in [6.07, 6.45) is 9.05. The van der Waals surface area contributed by atoms with Gasteiger partial charge >= 0.3 is 0 Å². The Hall–Kier alpha value is -0.870. The van der Waals surface area contributed by atoms with Gasteiger partial charge < -0.3 is 10.1 Å². The number of nitrogens with one attached hydrogen (secondary N) is 1. The van der Waals surface area contributed by atoms with Crippen LogP contribution in [0.4, 0.5) is 0 Å². The highest BCUT2D eigenvalue weighted by Crippen LogP contribution is 2.37. The third-order valence-corrected chi connectivity index (χ3v) is 4.34. The minimum Gasteiger partial charge on any atom is -0.374 e. The van der Waals surface area contributed by atoms with Crippen LogP contribution in [0.2, 0.25) is 0 Å². The zero-order valence-corrected chi connectivity index (χ0v) is 13.2. The van der Waals surface area contributed by atoms with Gasteiger partial charge in [-0.2, -0.15) is 5.10 Å². The molecular formula is C16H29N3O. The average Bonchev–Trinajstić information content (AvgIpc) is 3.05. The number of rotatable bonds is 8. The first-order chi connectivity index (χ1) is 9.70. The molecule has 0 radical (unpaired) electrons. The van der Waals surface area contributed by atoms with Crippen LogP contribution in [0.15, 0.2) is 12.3 Å². The van der Waals surface area contributed by atoms with Crippen LogP contribution in [0, 0.1) is 0 Å². The molecule has 1 N–H and O–H groups in total. The topological polar surface area (TPSA) is 39.1 Å². The average molecular weight is 279 g/mol. The SMILES string of the molecule is CCCNC(Cc1ccn(C)n1)C1(OCC)CCCC1. The molecule has 1 atom stereocenters. The Bertz CT molecular complexity index is 396. The van der Waals surface area contributed by atoms with Crippen LogP contribution in [-0.4, -0.2) is 34.6 Å². The van der Waals surface area contributed by atoms with Gasteiger partial charge in [0.15, 0.2) is 0 Å². The van der Waals surface area contributed by atoms with Crippen molar-refractivity contribution < 1.29 is 4.74 Å². The molecule has 2 rings (SSSR count). The highest BCUT2D eigenvalue weighted by atomic mass is 16.5. The van der Waals surface area contributed by atoms with Gasteiger partial charge in [-0.05, 0) is 38.8 Å². The van der Waals surface area contributed by atoms with Crippen molar-refractivity contribution in [2.45, 2.75) is 64.0 Å². The summed E-state index contributed by atoms with van der Waals surface area (Å²) >= 11 is 0. The van der Waals surface area contributed by atoms with E-state index in [1.807, 2.05) is 17.9 Å². The molecule has 4 heteroatoms. The standard InChI is InChI=1S/C16H29N3O/c1-4-11-17-15(13-14-8-12-19(3)18-14)16(20-5-2)9-6-7-10-16/h8,12,15,17H,4-7,9-11,13H2,1-3H3. The molecule has 0 aromatic carbocycles. The number of ether oxygens (including phenoxy) is 1. The molecule has 0 aliphatic heterocycles. The van der Waals surface area contributed by atoms with Gasteiger partial charge in [0.05, 0.1) is 11.3 Å². The molecule has 20 heavy (non-hydrogen) atoms. The third kappa shape index (κ3) is 3.61. The zero-order chi connectivity index (χ0) is 14.4. The lowest BCUT2D eigenvalue weighted by Gasteiger charge is -2.38. The molecule has 1 aliphatic carbocycles. The number of aromatic nitrogens is 2. The Labute approximate surface area is 122 Å². The van der Waals surface area contributed by atoms with Crippen LogP contribution in [-0.2, 0) is 18.2 Å². The van der Waals surface area contributed by atoms with Crippen molar-refractivity contribution in [3.63, 3.8) is 0 Å². The van der Waals surface area contributed by atoms with Crippen LogP contribution in [0.5, 0.6) is 0 Å². The van der Waals surface area contributed by atoms with Gasteiger partial charge in [0.25, 0.3) is 0 Å². The summed E-state index contributed by atoms with van der Waals surface area (Å²) in [6, 6.07) is 2.50. The molecule has 1 aromatic rings. The van der Waals surface area contributed by atoms with Crippen LogP contribution in [0.1, 0.15) is 51.6 Å². The van der Waals surface area contributed by atoms with Crippen molar-refractivity contribution >= 4 is 0 Å². The van der Waals surface area contributed by atoms with Gasteiger partial charge in [-0.15, -0.1) is 0 Å². The molecule has 0 amide bonds. The second kappa shape index (κ2) is 7.23. The summed E-state index contributed by atoms with van der Waals surface area (Å²) in [6.45, 7) is 6.17. The highest BCUT2D eigenvalue weighted by molar-refractivity contribution is 5.07. The summed E-state index contributed by atoms with van der Waals surface area (Å²) < 4.78 is 8.11. The van der Waals surface area contributed by atoms with E-state index in [0.29, 0.717) is 6.04 Å². The molecule has 1 fully saturated rings. The van der Waals surface area contributed by atoms with Crippen LogP contribution in [0.25, 0.3) is 0 Å². The van der Waals surface area contributed by atoms with Crippen LogP contribution in [0.3, 0.4) is 0 Å². The lowest BCUT2D eigenvalue weighted by Crippen LogP contribution is -2.52. The molecule has 0 bridgehead atoms. The van der Waals surface area contributed by atoms with Crippen LogP contribution < -0.4 is 5.32 Å². The van der Waals surface area contributed by atoms with Crippen molar-refractivity contribution in [2.75, 3.05) is 13.2 Å². The summed E-state index contributed by atoms with van der Waals surface area (Å²) in [5, 5.41) is 8.26. The van der Waals surface area contributed by atoms with Crippen molar-refractivity contribution in [1.82, 2.24) is 15.1 Å². The van der Waals surface area contributed by atoms with Gasteiger partial charge in [-0.3, -0.25) is 4.68 Å². The highest BCUT2D eigenvalue weighted by Gasteiger charge is 2.42. The van der Waals surface area contributed by atoms with Gasteiger partial charge in [0, 0.05) is 32.3 Å². The first kappa shape index (κ1) is 15.5. The Kier molecular flexibility index (Phi) is 5.61. The van der Waals surface area contributed by atoms with Gasteiger partial charge in [-0.25, -0.2) is 0 Å². The molecule has 4 nitrogen and oxygen atoms in total. The fourth-order valence-electron chi connectivity index (χ4n) is 3.40. The fourth-order valence-corrected chi connectivity index (χ4v) is 3.40. The first-order valence-electron chi connectivity index (χ1n) is 8.06. The van der Waals surface area contributed by atoms with Crippen LogP contribution >= 0.6 is 0 Å². The normalized spacial score (nSPS) is 19.4. The van der Waals surface area contributed by atoms with E-state index in [0.717, 1.165) is 31.7 Å². The smallest absolute Gasteiger partial charge is 0.0838 e. The maximum atomic E-state index is 6.23. The molecule has 1 aromatic heterocycles. The number of hydrogen-bond donors (Lipinski definition) is 1. The lowest BCUT2D eigenvalue weighted by atomic mass is 9.88. The minimum absolute atomic E-state index is 0.0153. The number of nitrogens with zero attached hydrogens (tertiary/aromatic N) is 2. The molecule has 1 unspecified atom stereocenters. The fraction of sp³-hybridized carbons (Fsp3) is 0.812. The third-order valence-electron chi connectivity index (χ3n) is 4.34. The minimum atomic E-state index is 0.0153. The predicted octanol–water partition coefficient (Wildman–Crippen LogP) is 2.68. The predicted molar refractivity (Wildman–Crippen MR) is 81.8 cm³/mol. The van der Waals surface area contributed by atoms with Gasteiger partial charge in [0.2, 0.25) is 0 Å². The Balaban J connectivity index is 2.12. The van der Waals surface area contributed by atoms with E-state index in [2.05, 4.69) is 30.3 Å². The summed E-state index contributed by atoms with van der Waals surface area (Å²) in [4.78, 5) is 0. The second-order valence-electron chi connectivity index (χ2n) is 5.90. The Morgan fingerprint density at radius 3 is 2.70 bits per heavy atom. The largest absolute Gasteiger partial charge is 0.374 e. The van der Waals surface area contributed by atoms with E-state index in [-0.39, 0.29) is 5.60 Å². The van der Waals surface area contributed by atoms with Crippen molar-refractivity contribution in [3.05, 3.63) is 18.0 Å². The summed E-state index contributed by atoms with van der Waals surface area (Å²) in [5.74, 6) is 0. The monoisotopic (exact) mass is 279 g/mol. The number of hydrogen-bond acceptors (Lipinski definition) is 3. The van der Waals surface area contributed by atoms with Crippen molar-refractivity contribution in [1.29, 1.82) is 0 Å².